The summed E-state index contributed by atoms with van der Waals surface area (Å²) in [4.78, 5) is 10.2. The van der Waals surface area contributed by atoms with Crippen LogP contribution in [0.3, 0.4) is 0 Å². The van der Waals surface area contributed by atoms with E-state index in [1.807, 2.05) is 54.6 Å². The smallest absolute Gasteiger partial charge is 0.269 e. The zero-order valence-corrected chi connectivity index (χ0v) is 14.1. The summed E-state index contributed by atoms with van der Waals surface area (Å²) in [7, 11) is 0. The molecule has 2 N–H and O–H groups in total. The predicted octanol–water partition coefficient (Wildman–Crippen LogP) is 4.29. The number of nitrogens with one attached hydrogen (secondary N) is 2. The predicted molar refractivity (Wildman–Crippen MR) is 101 cm³/mol. The van der Waals surface area contributed by atoms with Gasteiger partial charge in [0, 0.05) is 24.4 Å². The Morgan fingerprint density at radius 2 is 1.50 bits per heavy atom. The Balaban J connectivity index is 1.46. The molecule has 3 aromatic rings. The Bertz CT molecular complexity index is 834. The molecule has 0 saturated carbocycles. The lowest BCUT2D eigenvalue weighted by Gasteiger charge is -2.10. The molecule has 0 aliphatic heterocycles. The van der Waals surface area contributed by atoms with Gasteiger partial charge >= 0.3 is 0 Å². The van der Waals surface area contributed by atoms with Crippen LogP contribution in [0.2, 0.25) is 0 Å². The van der Waals surface area contributed by atoms with Gasteiger partial charge in [-0.2, -0.15) is 0 Å². The van der Waals surface area contributed by atoms with Crippen molar-refractivity contribution in [2.75, 3.05) is 5.43 Å². The first-order chi connectivity index (χ1) is 12.7. The maximum absolute atomic E-state index is 10.6. The van der Waals surface area contributed by atoms with Crippen molar-refractivity contribution in [1.82, 2.24) is 5.43 Å². The van der Waals surface area contributed by atoms with Crippen LogP contribution in [0.15, 0.2) is 78.9 Å². The molecular formula is C20H19N3O3. The second-order valence-electron chi connectivity index (χ2n) is 5.70. The van der Waals surface area contributed by atoms with Crippen LogP contribution >= 0.6 is 0 Å². The largest absolute Gasteiger partial charge is 0.489 e. The molecule has 132 valence electrons. The van der Waals surface area contributed by atoms with E-state index in [0.717, 1.165) is 22.6 Å². The first kappa shape index (κ1) is 17.4. The molecule has 26 heavy (non-hydrogen) atoms. The average Bonchev–Trinajstić information content (AvgIpc) is 2.68. The van der Waals surface area contributed by atoms with Gasteiger partial charge in [-0.3, -0.25) is 10.1 Å². The molecule has 0 fully saturated rings. The van der Waals surface area contributed by atoms with Gasteiger partial charge in [0.25, 0.3) is 5.69 Å². The van der Waals surface area contributed by atoms with Crippen LogP contribution in [0.5, 0.6) is 5.75 Å². The molecule has 0 aliphatic rings. The number of rotatable bonds is 8. The van der Waals surface area contributed by atoms with E-state index in [4.69, 9.17) is 4.74 Å². The summed E-state index contributed by atoms with van der Waals surface area (Å²) in [6.45, 7) is 1.04. The Morgan fingerprint density at radius 3 is 2.15 bits per heavy atom. The fourth-order valence-electron chi connectivity index (χ4n) is 2.35. The lowest BCUT2D eigenvalue weighted by molar-refractivity contribution is -0.384. The highest BCUT2D eigenvalue weighted by Gasteiger charge is 2.04. The molecule has 0 atom stereocenters. The van der Waals surface area contributed by atoms with Gasteiger partial charge < -0.3 is 10.2 Å². The number of para-hydroxylation sites is 1. The third-order valence-corrected chi connectivity index (χ3v) is 3.78. The Kier molecular flexibility index (Phi) is 5.80. The van der Waals surface area contributed by atoms with Crippen LogP contribution in [0.4, 0.5) is 11.4 Å². The summed E-state index contributed by atoms with van der Waals surface area (Å²) in [6.07, 6.45) is 0. The number of nitro benzene ring substituents is 1. The van der Waals surface area contributed by atoms with Gasteiger partial charge in [0.1, 0.15) is 12.4 Å². The van der Waals surface area contributed by atoms with Crippen LogP contribution in [-0.4, -0.2) is 4.92 Å². The second-order valence-corrected chi connectivity index (χ2v) is 5.70. The number of benzene rings is 3. The topological polar surface area (TPSA) is 76.4 Å². The molecule has 0 amide bonds. The minimum atomic E-state index is -0.413. The monoisotopic (exact) mass is 349 g/mol. The summed E-state index contributed by atoms with van der Waals surface area (Å²) in [5.41, 5.74) is 9.39. The number of hydrogen-bond acceptors (Lipinski definition) is 5. The number of hydrazine groups is 1. The van der Waals surface area contributed by atoms with Gasteiger partial charge in [-0.05, 0) is 47.5 Å². The van der Waals surface area contributed by atoms with E-state index >= 15 is 0 Å². The minimum absolute atomic E-state index is 0.0784. The first-order valence-electron chi connectivity index (χ1n) is 8.20. The highest BCUT2D eigenvalue weighted by Crippen LogP contribution is 2.16. The van der Waals surface area contributed by atoms with Crippen LogP contribution in [0.25, 0.3) is 0 Å². The average molecular weight is 349 g/mol. The summed E-state index contributed by atoms with van der Waals surface area (Å²) in [5.74, 6) is 0.753. The van der Waals surface area contributed by atoms with E-state index in [9.17, 15) is 10.1 Å². The Morgan fingerprint density at radius 1 is 0.846 bits per heavy atom. The van der Waals surface area contributed by atoms with Crippen molar-refractivity contribution in [3.8, 4) is 5.75 Å². The maximum atomic E-state index is 10.6. The molecule has 0 bridgehead atoms. The van der Waals surface area contributed by atoms with Crippen LogP contribution < -0.4 is 15.6 Å². The van der Waals surface area contributed by atoms with E-state index in [1.54, 1.807) is 12.1 Å². The molecule has 0 unspecified atom stereocenters. The molecule has 0 spiro atoms. The van der Waals surface area contributed by atoms with Gasteiger partial charge in [0.05, 0.1) is 4.92 Å². The van der Waals surface area contributed by atoms with Crippen molar-refractivity contribution in [1.29, 1.82) is 0 Å². The van der Waals surface area contributed by atoms with E-state index in [-0.39, 0.29) is 5.69 Å². The van der Waals surface area contributed by atoms with Gasteiger partial charge in [-0.15, -0.1) is 0 Å². The zero-order valence-electron chi connectivity index (χ0n) is 14.1. The zero-order chi connectivity index (χ0) is 18.2. The second kappa shape index (κ2) is 8.64. The van der Waals surface area contributed by atoms with Crippen molar-refractivity contribution in [3.63, 3.8) is 0 Å². The highest BCUT2D eigenvalue weighted by molar-refractivity contribution is 5.41. The van der Waals surface area contributed by atoms with Crippen molar-refractivity contribution in [3.05, 3.63) is 100 Å². The van der Waals surface area contributed by atoms with Crippen molar-refractivity contribution >= 4 is 11.4 Å². The fraction of sp³-hybridized carbons (Fsp3) is 0.100. The lowest BCUT2D eigenvalue weighted by atomic mass is 10.2. The number of ether oxygens (including phenoxy) is 1. The van der Waals surface area contributed by atoms with Gasteiger partial charge in [0.15, 0.2) is 0 Å². The summed E-state index contributed by atoms with van der Waals surface area (Å²) < 4.78 is 5.72. The van der Waals surface area contributed by atoms with Crippen LogP contribution in [-0.2, 0) is 13.2 Å². The molecule has 0 aliphatic carbocycles. The fourth-order valence-corrected chi connectivity index (χ4v) is 2.35. The van der Waals surface area contributed by atoms with E-state index < -0.39 is 4.92 Å². The standard InChI is InChI=1S/C20H19N3O3/c24-23(25)19-10-6-17(7-11-19)15-26-20-12-8-16(9-13-20)14-21-22-18-4-2-1-3-5-18/h1-13,21-22H,14-15H2. The quantitative estimate of drug-likeness (QED) is 0.469. The summed E-state index contributed by atoms with van der Waals surface area (Å²) in [5, 5.41) is 10.6. The maximum Gasteiger partial charge on any atom is 0.269 e. The molecule has 0 saturated heterocycles. The molecule has 3 aromatic carbocycles. The van der Waals surface area contributed by atoms with Crippen molar-refractivity contribution in [2.45, 2.75) is 13.2 Å². The molecule has 0 aromatic heterocycles. The molecule has 6 heteroatoms. The number of anilines is 1. The van der Waals surface area contributed by atoms with Crippen molar-refractivity contribution < 1.29 is 9.66 Å². The number of hydrogen-bond donors (Lipinski definition) is 2. The number of nitrogens with zero attached hydrogens (tertiary/aromatic N) is 1. The van der Waals surface area contributed by atoms with E-state index in [2.05, 4.69) is 10.9 Å². The molecule has 0 radical (unpaired) electrons. The number of nitro groups is 1. The van der Waals surface area contributed by atoms with Crippen molar-refractivity contribution in [2.24, 2.45) is 0 Å². The minimum Gasteiger partial charge on any atom is -0.489 e. The summed E-state index contributed by atoms with van der Waals surface area (Å²) in [6, 6.07) is 24.1. The van der Waals surface area contributed by atoms with Gasteiger partial charge in [0.2, 0.25) is 0 Å². The van der Waals surface area contributed by atoms with E-state index in [0.29, 0.717) is 13.2 Å². The van der Waals surface area contributed by atoms with Crippen LogP contribution in [0.1, 0.15) is 11.1 Å². The van der Waals surface area contributed by atoms with Crippen LogP contribution in [0, 0.1) is 10.1 Å². The normalized spacial score (nSPS) is 10.3. The highest BCUT2D eigenvalue weighted by atomic mass is 16.6. The third-order valence-electron chi connectivity index (χ3n) is 3.78. The first-order valence-corrected chi connectivity index (χ1v) is 8.20. The lowest BCUT2D eigenvalue weighted by Crippen LogP contribution is -2.20. The molecular weight excluding hydrogens is 330 g/mol. The SMILES string of the molecule is O=[N+]([O-])c1ccc(COc2ccc(CNNc3ccccc3)cc2)cc1. The number of non-ortho nitro benzene ring substituents is 1. The molecule has 6 nitrogen and oxygen atoms in total. The van der Waals surface area contributed by atoms with Gasteiger partial charge in [-0.1, -0.05) is 30.3 Å². The molecule has 0 heterocycles. The van der Waals surface area contributed by atoms with E-state index in [1.165, 1.54) is 12.1 Å². The Hall–Kier alpha value is -3.38. The van der Waals surface area contributed by atoms with Gasteiger partial charge in [-0.25, -0.2) is 5.43 Å². The molecule has 3 rings (SSSR count). The summed E-state index contributed by atoms with van der Waals surface area (Å²) >= 11 is 0. The third kappa shape index (κ3) is 5.06. The Labute approximate surface area is 151 Å².